The molecule has 0 radical (unpaired) electrons. The zero-order valence-corrected chi connectivity index (χ0v) is 16.5. The molecule has 0 aliphatic rings. The second kappa shape index (κ2) is 8.67. The van der Waals surface area contributed by atoms with Gasteiger partial charge in [0.05, 0.1) is 16.8 Å². The highest BCUT2D eigenvalue weighted by Crippen LogP contribution is 2.24. The van der Waals surface area contributed by atoms with Crippen LogP contribution in [-0.4, -0.2) is 32.0 Å². The first-order valence-electron chi connectivity index (χ1n) is 7.85. The SMILES string of the molecule is Nc1c(NCCSc2nsnc2C(Cc2ccc(F)c(Cl)c2)=NO)c(=O)c1=O. The van der Waals surface area contributed by atoms with E-state index in [0.29, 0.717) is 28.6 Å². The number of benzene rings is 1. The number of nitrogens with one attached hydrogen (secondary N) is 1. The number of aromatic nitrogens is 2. The van der Waals surface area contributed by atoms with Gasteiger partial charge in [-0.05, 0) is 17.7 Å². The summed E-state index contributed by atoms with van der Waals surface area (Å²) in [6.07, 6.45) is 0.188. The van der Waals surface area contributed by atoms with Crippen molar-refractivity contribution >= 4 is 52.2 Å². The summed E-state index contributed by atoms with van der Waals surface area (Å²) in [5.74, 6) is -0.0352. The number of halogens is 2. The maximum Gasteiger partial charge on any atom is 0.253 e. The summed E-state index contributed by atoms with van der Waals surface area (Å²) in [5, 5.41) is 16.0. The van der Waals surface area contributed by atoms with Gasteiger partial charge >= 0.3 is 0 Å². The molecule has 0 spiro atoms. The van der Waals surface area contributed by atoms with Gasteiger partial charge in [-0.15, -0.1) is 11.8 Å². The number of rotatable bonds is 8. The van der Waals surface area contributed by atoms with Gasteiger partial charge in [0.2, 0.25) is 0 Å². The average molecular weight is 442 g/mol. The quantitative estimate of drug-likeness (QED) is 0.121. The van der Waals surface area contributed by atoms with Crippen molar-refractivity contribution in [1.29, 1.82) is 0 Å². The Bertz CT molecular complexity index is 1110. The van der Waals surface area contributed by atoms with Crippen molar-refractivity contribution in [3.63, 3.8) is 0 Å². The van der Waals surface area contributed by atoms with Crippen LogP contribution in [0.5, 0.6) is 0 Å². The third-order valence-corrected chi connectivity index (χ3v) is 5.70. The summed E-state index contributed by atoms with van der Waals surface area (Å²) in [4.78, 5) is 22.4. The molecule has 4 N–H and O–H groups in total. The van der Waals surface area contributed by atoms with E-state index in [1.807, 2.05) is 0 Å². The third kappa shape index (κ3) is 4.16. The predicted octanol–water partition coefficient (Wildman–Crippen LogP) is 2.13. The lowest BCUT2D eigenvalue weighted by Gasteiger charge is -2.09. The summed E-state index contributed by atoms with van der Waals surface area (Å²) in [6.45, 7) is 0.371. The van der Waals surface area contributed by atoms with E-state index >= 15 is 0 Å². The Labute approximate surface area is 171 Å². The van der Waals surface area contributed by atoms with Crippen molar-refractivity contribution in [3.8, 4) is 0 Å². The Morgan fingerprint density at radius 3 is 2.82 bits per heavy atom. The Morgan fingerprint density at radius 1 is 1.36 bits per heavy atom. The molecule has 0 saturated heterocycles. The largest absolute Gasteiger partial charge is 0.411 e. The van der Waals surface area contributed by atoms with E-state index in [0.717, 1.165) is 11.7 Å². The monoisotopic (exact) mass is 441 g/mol. The van der Waals surface area contributed by atoms with E-state index in [4.69, 9.17) is 17.3 Å². The smallest absolute Gasteiger partial charge is 0.253 e. The molecule has 8 nitrogen and oxygen atoms in total. The van der Waals surface area contributed by atoms with Crippen molar-refractivity contribution < 1.29 is 9.60 Å². The van der Waals surface area contributed by atoms with E-state index in [2.05, 4.69) is 19.2 Å². The van der Waals surface area contributed by atoms with E-state index in [1.165, 1.54) is 30.0 Å². The summed E-state index contributed by atoms with van der Waals surface area (Å²) >= 11 is 8.07. The third-order valence-electron chi connectivity index (χ3n) is 3.80. The van der Waals surface area contributed by atoms with E-state index in [1.54, 1.807) is 0 Å². The molecular weight excluding hydrogens is 429 g/mol. The van der Waals surface area contributed by atoms with Crippen molar-refractivity contribution in [3.05, 3.63) is 60.7 Å². The number of hydrogen-bond acceptors (Lipinski definition) is 10. The molecular formula is C16H13ClFN5O3S2. The molecule has 0 atom stereocenters. The molecule has 1 aromatic heterocycles. The molecule has 0 aliphatic carbocycles. The van der Waals surface area contributed by atoms with Crippen LogP contribution < -0.4 is 21.9 Å². The van der Waals surface area contributed by atoms with Crippen LogP contribution in [-0.2, 0) is 6.42 Å². The number of thioether (sulfide) groups is 1. The standard InChI is InChI=1S/C16H13ClFN5O3S2/c17-8-5-7(1-2-9(8)18)6-10(21-26)12-16(23-28-22-12)27-4-3-20-13-11(19)14(24)15(13)25/h1-2,5,20,26H,3-4,6,19H2. The van der Waals surface area contributed by atoms with E-state index < -0.39 is 16.7 Å². The van der Waals surface area contributed by atoms with Crippen LogP contribution in [0.1, 0.15) is 11.3 Å². The molecule has 3 rings (SSSR count). The number of anilines is 2. The van der Waals surface area contributed by atoms with Gasteiger partial charge in [0, 0.05) is 18.7 Å². The lowest BCUT2D eigenvalue weighted by molar-refractivity contribution is 0.318. The fourth-order valence-corrected chi connectivity index (χ4v) is 4.11. The first-order chi connectivity index (χ1) is 13.4. The number of oxime groups is 1. The lowest BCUT2D eigenvalue weighted by Crippen LogP contribution is -2.37. The molecule has 146 valence electrons. The van der Waals surface area contributed by atoms with Crippen LogP contribution in [0.15, 0.2) is 38.0 Å². The van der Waals surface area contributed by atoms with Crippen LogP contribution in [0.3, 0.4) is 0 Å². The average Bonchev–Trinajstić information content (AvgIpc) is 3.16. The lowest BCUT2D eigenvalue weighted by atomic mass is 10.1. The van der Waals surface area contributed by atoms with Gasteiger partial charge in [0.1, 0.15) is 33.6 Å². The van der Waals surface area contributed by atoms with Crippen molar-refractivity contribution in [2.75, 3.05) is 23.3 Å². The molecule has 0 aliphatic heterocycles. The van der Waals surface area contributed by atoms with Gasteiger partial charge in [-0.25, -0.2) is 4.39 Å². The Balaban J connectivity index is 1.62. The maximum absolute atomic E-state index is 13.3. The molecule has 0 amide bonds. The molecule has 12 heteroatoms. The van der Waals surface area contributed by atoms with E-state index in [-0.39, 0.29) is 28.5 Å². The zero-order valence-electron chi connectivity index (χ0n) is 14.1. The Morgan fingerprint density at radius 2 is 2.14 bits per heavy atom. The highest BCUT2D eigenvalue weighted by molar-refractivity contribution is 7.99. The molecule has 2 aromatic carbocycles. The number of nitrogen functional groups attached to an aromatic ring is 1. The second-order valence-corrected chi connectivity index (χ2v) is 7.63. The van der Waals surface area contributed by atoms with Gasteiger partial charge in [-0.2, -0.15) is 8.75 Å². The minimum absolute atomic E-state index is 0.0236. The Kier molecular flexibility index (Phi) is 6.27. The zero-order chi connectivity index (χ0) is 20.3. The van der Waals surface area contributed by atoms with Crippen LogP contribution >= 0.6 is 35.1 Å². The molecule has 28 heavy (non-hydrogen) atoms. The fourth-order valence-electron chi connectivity index (χ4n) is 2.37. The van der Waals surface area contributed by atoms with E-state index in [9.17, 15) is 19.2 Å². The summed E-state index contributed by atoms with van der Waals surface area (Å²) < 4.78 is 21.6. The van der Waals surface area contributed by atoms with Crippen molar-refractivity contribution in [2.24, 2.45) is 5.16 Å². The number of nitrogens with two attached hydrogens (primary N) is 1. The molecule has 1 heterocycles. The fraction of sp³-hybridized carbons (Fsp3) is 0.188. The van der Waals surface area contributed by atoms with Gasteiger partial charge < -0.3 is 16.3 Å². The van der Waals surface area contributed by atoms with Gasteiger partial charge in [0.25, 0.3) is 10.9 Å². The van der Waals surface area contributed by atoms with Crippen molar-refractivity contribution in [2.45, 2.75) is 11.4 Å². The summed E-state index contributed by atoms with van der Waals surface area (Å²) in [5.41, 5.74) is 5.56. The normalized spacial score (nSPS) is 11.9. The van der Waals surface area contributed by atoms with Crippen LogP contribution in [0, 0.1) is 5.82 Å². The van der Waals surface area contributed by atoms with Crippen molar-refractivity contribution in [1.82, 2.24) is 8.75 Å². The minimum atomic E-state index is -0.675. The number of nitrogens with zero attached hydrogens (tertiary/aromatic N) is 3. The molecule has 0 fully saturated rings. The van der Waals surface area contributed by atoms with Crippen LogP contribution in [0.4, 0.5) is 15.8 Å². The molecule has 0 unspecified atom stereocenters. The first-order valence-corrected chi connectivity index (χ1v) is 9.95. The minimum Gasteiger partial charge on any atom is -0.411 e. The Hall–Kier alpha value is -2.50. The molecule has 0 bridgehead atoms. The second-order valence-electron chi connectivity index (χ2n) is 5.61. The molecule has 0 saturated carbocycles. The highest BCUT2D eigenvalue weighted by atomic mass is 35.5. The van der Waals surface area contributed by atoms with Crippen LogP contribution in [0.25, 0.3) is 0 Å². The predicted molar refractivity (Wildman–Crippen MR) is 108 cm³/mol. The first kappa shape index (κ1) is 20.2. The highest BCUT2D eigenvalue weighted by Gasteiger charge is 2.19. The van der Waals surface area contributed by atoms with Gasteiger partial charge in [0.15, 0.2) is 0 Å². The topological polar surface area (TPSA) is 131 Å². The van der Waals surface area contributed by atoms with Gasteiger partial charge in [-0.1, -0.05) is 22.8 Å². The van der Waals surface area contributed by atoms with Gasteiger partial charge in [-0.3, -0.25) is 9.59 Å². The summed E-state index contributed by atoms with van der Waals surface area (Å²) in [6, 6.07) is 4.23. The van der Waals surface area contributed by atoms with Crippen LogP contribution in [0.2, 0.25) is 5.02 Å². The number of hydrogen-bond donors (Lipinski definition) is 3. The molecule has 3 aromatic rings. The summed E-state index contributed by atoms with van der Waals surface area (Å²) in [7, 11) is 0. The maximum atomic E-state index is 13.3.